The van der Waals surface area contributed by atoms with Gasteiger partial charge in [-0.3, -0.25) is 0 Å². The monoisotopic (exact) mass is 445 g/mol. The minimum atomic E-state index is -0.0664. The molecule has 0 spiro atoms. The zero-order valence-corrected chi connectivity index (χ0v) is 18.9. The second kappa shape index (κ2) is 9.45. The van der Waals surface area contributed by atoms with Gasteiger partial charge >= 0.3 is 0 Å². The van der Waals surface area contributed by atoms with Gasteiger partial charge < -0.3 is 20.3 Å². The second-order valence-corrected chi connectivity index (χ2v) is 8.94. The van der Waals surface area contributed by atoms with Crippen molar-refractivity contribution >= 4 is 40.7 Å². The van der Waals surface area contributed by atoms with Crippen LogP contribution in [0.25, 0.3) is 0 Å². The summed E-state index contributed by atoms with van der Waals surface area (Å²) in [5, 5.41) is 7.86. The van der Waals surface area contributed by atoms with Crippen LogP contribution in [0.2, 0.25) is 5.02 Å². The molecule has 2 saturated heterocycles. The highest BCUT2D eigenvalue weighted by Gasteiger charge is 2.34. The summed E-state index contributed by atoms with van der Waals surface area (Å²) >= 11 is 11.8. The maximum atomic E-state index is 6.27. The number of ether oxygens (including phenoxy) is 1. The zero-order chi connectivity index (χ0) is 21.0. The van der Waals surface area contributed by atoms with Gasteiger partial charge in [0, 0.05) is 55.0 Å². The molecule has 0 bridgehead atoms. The largest absolute Gasteiger partial charge is 0.381 e. The van der Waals surface area contributed by atoms with Crippen molar-refractivity contribution in [2.45, 2.75) is 38.0 Å². The van der Waals surface area contributed by atoms with Crippen LogP contribution < -0.4 is 15.5 Å². The number of aryl methyl sites for hydroxylation is 1. The number of anilines is 2. The van der Waals surface area contributed by atoms with Crippen LogP contribution >= 0.6 is 23.8 Å². The average molecular weight is 446 g/mol. The molecule has 2 fully saturated rings. The van der Waals surface area contributed by atoms with Crippen LogP contribution in [0.4, 0.5) is 11.8 Å². The molecule has 30 heavy (non-hydrogen) atoms. The fraction of sp³-hybridized carbons (Fsp3) is 0.500. The molecule has 4 rings (SSSR count). The lowest BCUT2D eigenvalue weighted by Gasteiger charge is -2.38. The van der Waals surface area contributed by atoms with Gasteiger partial charge in [0.05, 0.1) is 0 Å². The lowest BCUT2D eigenvalue weighted by atomic mass is 9.74. The highest BCUT2D eigenvalue weighted by molar-refractivity contribution is 7.80. The summed E-state index contributed by atoms with van der Waals surface area (Å²) in [5.41, 5.74) is 2.08. The number of nitrogens with zero attached hydrogens (tertiary/aromatic N) is 3. The summed E-state index contributed by atoms with van der Waals surface area (Å²) in [6, 6.07) is 10.1. The molecule has 2 aromatic rings. The lowest BCUT2D eigenvalue weighted by molar-refractivity contribution is 0.0515. The van der Waals surface area contributed by atoms with E-state index < -0.39 is 0 Å². The van der Waals surface area contributed by atoms with E-state index in [1.807, 2.05) is 25.1 Å². The molecule has 2 N–H and O–H groups in total. The number of hydrogen-bond acceptors (Lipinski definition) is 5. The molecule has 6 nitrogen and oxygen atoms in total. The molecular formula is C22H28ClN5OS. The van der Waals surface area contributed by atoms with E-state index in [1.165, 1.54) is 18.4 Å². The minimum Gasteiger partial charge on any atom is -0.381 e. The molecule has 0 unspecified atom stereocenters. The Bertz CT molecular complexity index is 897. The Morgan fingerprint density at radius 3 is 2.70 bits per heavy atom. The van der Waals surface area contributed by atoms with E-state index >= 15 is 0 Å². The van der Waals surface area contributed by atoms with Crippen molar-refractivity contribution in [3.05, 3.63) is 46.6 Å². The SMILES string of the molecule is Cc1cc(N2CCCC2)nc(NC(=S)NCC2(c3cccc(Cl)c3)CCOCC2)n1. The van der Waals surface area contributed by atoms with Gasteiger partial charge in [-0.1, -0.05) is 23.7 Å². The van der Waals surface area contributed by atoms with Crippen molar-refractivity contribution < 1.29 is 4.74 Å². The van der Waals surface area contributed by atoms with Crippen molar-refractivity contribution in [2.75, 3.05) is 43.1 Å². The fourth-order valence-electron chi connectivity index (χ4n) is 4.26. The van der Waals surface area contributed by atoms with E-state index in [9.17, 15) is 0 Å². The normalized spacial score (nSPS) is 18.3. The molecule has 2 aliphatic heterocycles. The molecule has 2 aliphatic rings. The summed E-state index contributed by atoms with van der Waals surface area (Å²) in [5.74, 6) is 1.50. The molecule has 3 heterocycles. The molecule has 1 aromatic carbocycles. The Kier molecular flexibility index (Phi) is 6.71. The first-order valence-electron chi connectivity index (χ1n) is 10.5. The molecule has 0 atom stereocenters. The van der Waals surface area contributed by atoms with Gasteiger partial charge in [-0.2, -0.15) is 4.98 Å². The van der Waals surface area contributed by atoms with Crippen LogP contribution in [0.3, 0.4) is 0 Å². The minimum absolute atomic E-state index is 0.0664. The maximum absolute atomic E-state index is 6.27. The Balaban J connectivity index is 1.44. The average Bonchev–Trinajstić information content (AvgIpc) is 3.28. The van der Waals surface area contributed by atoms with Gasteiger partial charge in [0.2, 0.25) is 5.95 Å². The maximum Gasteiger partial charge on any atom is 0.231 e. The van der Waals surface area contributed by atoms with E-state index in [4.69, 9.17) is 28.6 Å². The summed E-state index contributed by atoms with van der Waals surface area (Å²) in [6.45, 7) is 6.24. The first kappa shape index (κ1) is 21.3. The fourth-order valence-corrected chi connectivity index (χ4v) is 4.61. The van der Waals surface area contributed by atoms with Crippen LogP contribution in [0.15, 0.2) is 30.3 Å². The molecule has 160 valence electrons. The highest BCUT2D eigenvalue weighted by atomic mass is 35.5. The van der Waals surface area contributed by atoms with Gasteiger partial charge in [0.15, 0.2) is 5.11 Å². The van der Waals surface area contributed by atoms with Gasteiger partial charge in [0.25, 0.3) is 0 Å². The Morgan fingerprint density at radius 1 is 1.20 bits per heavy atom. The van der Waals surface area contributed by atoms with Gasteiger partial charge in [-0.15, -0.1) is 0 Å². The van der Waals surface area contributed by atoms with Crippen LogP contribution in [0.5, 0.6) is 0 Å². The summed E-state index contributed by atoms with van der Waals surface area (Å²) < 4.78 is 5.62. The summed E-state index contributed by atoms with van der Waals surface area (Å²) in [7, 11) is 0. The van der Waals surface area contributed by atoms with E-state index in [1.54, 1.807) is 0 Å². The molecule has 0 aliphatic carbocycles. The lowest BCUT2D eigenvalue weighted by Crippen LogP contribution is -2.45. The van der Waals surface area contributed by atoms with Crippen LogP contribution in [-0.4, -0.2) is 47.9 Å². The van der Waals surface area contributed by atoms with Crippen molar-refractivity contribution in [3.63, 3.8) is 0 Å². The number of rotatable bonds is 5. The Morgan fingerprint density at radius 2 is 1.97 bits per heavy atom. The summed E-state index contributed by atoms with van der Waals surface area (Å²) in [6.07, 6.45) is 4.26. The number of benzene rings is 1. The van der Waals surface area contributed by atoms with Crippen LogP contribution in [-0.2, 0) is 10.2 Å². The number of aromatic nitrogens is 2. The molecule has 0 saturated carbocycles. The summed E-state index contributed by atoms with van der Waals surface area (Å²) in [4.78, 5) is 11.5. The van der Waals surface area contributed by atoms with Crippen molar-refractivity contribution in [1.82, 2.24) is 15.3 Å². The van der Waals surface area contributed by atoms with E-state index in [2.05, 4.69) is 37.6 Å². The van der Waals surface area contributed by atoms with Crippen molar-refractivity contribution in [3.8, 4) is 0 Å². The predicted molar refractivity (Wildman–Crippen MR) is 126 cm³/mol. The Labute approximate surface area is 188 Å². The molecule has 1 aromatic heterocycles. The quantitative estimate of drug-likeness (QED) is 0.672. The second-order valence-electron chi connectivity index (χ2n) is 8.10. The Hall–Kier alpha value is -1.96. The molecular weight excluding hydrogens is 418 g/mol. The third kappa shape index (κ3) is 5.02. The van der Waals surface area contributed by atoms with Gasteiger partial charge in [0.1, 0.15) is 5.82 Å². The number of halogens is 1. The first-order valence-corrected chi connectivity index (χ1v) is 11.3. The van der Waals surface area contributed by atoms with Crippen molar-refractivity contribution in [2.24, 2.45) is 0 Å². The third-order valence-corrected chi connectivity index (χ3v) is 6.45. The standard InChI is InChI=1S/C22H28ClN5OS/c1-16-13-19(28-9-2-3-10-28)26-20(25-16)27-21(30)24-15-22(7-11-29-12-8-22)17-5-4-6-18(23)14-17/h4-6,13-14H,2-3,7-12,15H2,1H3,(H2,24,25,26,27,30). The number of thiocarbonyl (C=S) groups is 1. The smallest absolute Gasteiger partial charge is 0.231 e. The molecule has 0 amide bonds. The van der Waals surface area contributed by atoms with E-state index in [0.717, 1.165) is 55.7 Å². The van der Waals surface area contributed by atoms with Crippen LogP contribution in [0, 0.1) is 6.92 Å². The topological polar surface area (TPSA) is 62.3 Å². The van der Waals surface area contributed by atoms with Gasteiger partial charge in [-0.25, -0.2) is 4.98 Å². The molecule has 8 heteroatoms. The van der Waals surface area contributed by atoms with Gasteiger partial charge in [-0.05, 0) is 62.5 Å². The number of nitrogens with one attached hydrogen (secondary N) is 2. The number of hydrogen-bond donors (Lipinski definition) is 2. The highest BCUT2D eigenvalue weighted by Crippen LogP contribution is 2.35. The predicted octanol–water partition coefficient (Wildman–Crippen LogP) is 4.07. The zero-order valence-electron chi connectivity index (χ0n) is 17.3. The van der Waals surface area contributed by atoms with E-state index in [-0.39, 0.29) is 5.41 Å². The van der Waals surface area contributed by atoms with E-state index in [0.29, 0.717) is 17.6 Å². The third-order valence-electron chi connectivity index (χ3n) is 5.97. The molecule has 0 radical (unpaired) electrons. The van der Waals surface area contributed by atoms with Crippen LogP contribution in [0.1, 0.15) is 36.9 Å². The first-order chi connectivity index (χ1) is 14.5. The van der Waals surface area contributed by atoms with Crippen molar-refractivity contribution in [1.29, 1.82) is 0 Å².